The van der Waals surface area contributed by atoms with Crippen LogP contribution in [0.3, 0.4) is 0 Å². The smallest absolute Gasteiger partial charge is 0.308 e. The van der Waals surface area contributed by atoms with Crippen molar-refractivity contribution in [3.8, 4) is 11.5 Å². The van der Waals surface area contributed by atoms with E-state index >= 15 is 0 Å². The van der Waals surface area contributed by atoms with Crippen molar-refractivity contribution in [3.63, 3.8) is 0 Å². The fourth-order valence-electron chi connectivity index (χ4n) is 3.05. The van der Waals surface area contributed by atoms with Crippen LogP contribution in [0, 0.1) is 5.92 Å². The SMILES string of the molecule is O=C(O)C1CCCN(C(=O)c2csc(Nc3ccc4c(c3)OCO4)n2)C1. The van der Waals surface area contributed by atoms with E-state index in [-0.39, 0.29) is 19.2 Å². The van der Waals surface area contributed by atoms with Gasteiger partial charge in [0.1, 0.15) is 5.69 Å². The van der Waals surface area contributed by atoms with Crippen LogP contribution in [0.25, 0.3) is 0 Å². The highest BCUT2D eigenvalue weighted by Crippen LogP contribution is 2.35. The van der Waals surface area contributed by atoms with E-state index in [1.807, 2.05) is 18.2 Å². The second kappa shape index (κ2) is 6.83. The number of rotatable bonds is 4. The summed E-state index contributed by atoms with van der Waals surface area (Å²) in [6.07, 6.45) is 1.29. The van der Waals surface area contributed by atoms with E-state index in [9.17, 15) is 9.59 Å². The molecule has 1 atom stereocenters. The Balaban J connectivity index is 1.44. The average molecular weight is 375 g/mol. The van der Waals surface area contributed by atoms with Gasteiger partial charge in [-0.25, -0.2) is 4.98 Å². The Kier molecular flexibility index (Phi) is 4.37. The molecule has 0 bridgehead atoms. The number of carboxylic acid groups (broad SMARTS) is 1. The van der Waals surface area contributed by atoms with Crippen molar-refractivity contribution >= 4 is 34.0 Å². The quantitative estimate of drug-likeness (QED) is 0.847. The summed E-state index contributed by atoms with van der Waals surface area (Å²) in [5, 5.41) is 14.6. The zero-order valence-corrected chi connectivity index (χ0v) is 14.6. The Morgan fingerprint density at radius 1 is 1.31 bits per heavy atom. The molecule has 1 amide bonds. The maximum atomic E-state index is 12.6. The van der Waals surface area contributed by atoms with Crippen LogP contribution < -0.4 is 14.8 Å². The van der Waals surface area contributed by atoms with Gasteiger partial charge in [-0.3, -0.25) is 9.59 Å². The number of piperidine rings is 1. The molecule has 3 heterocycles. The molecule has 0 aliphatic carbocycles. The van der Waals surface area contributed by atoms with Gasteiger partial charge in [-0.2, -0.15) is 0 Å². The zero-order valence-electron chi connectivity index (χ0n) is 13.8. The van der Waals surface area contributed by atoms with Gasteiger partial charge in [0.25, 0.3) is 5.91 Å². The molecule has 0 radical (unpaired) electrons. The molecule has 1 saturated heterocycles. The fraction of sp³-hybridized carbons (Fsp3) is 0.353. The predicted octanol–water partition coefficient (Wildman–Crippen LogP) is 2.55. The molecule has 8 nitrogen and oxygen atoms in total. The molecule has 1 aromatic heterocycles. The molecule has 9 heteroatoms. The number of carbonyl (C=O) groups excluding carboxylic acids is 1. The Morgan fingerprint density at radius 2 is 2.15 bits per heavy atom. The van der Waals surface area contributed by atoms with Gasteiger partial charge < -0.3 is 24.8 Å². The molecule has 2 N–H and O–H groups in total. The first-order valence-electron chi connectivity index (χ1n) is 8.24. The first-order chi connectivity index (χ1) is 12.6. The van der Waals surface area contributed by atoms with Gasteiger partial charge in [-0.15, -0.1) is 11.3 Å². The van der Waals surface area contributed by atoms with Crippen LogP contribution in [0.4, 0.5) is 10.8 Å². The molecule has 1 unspecified atom stereocenters. The maximum Gasteiger partial charge on any atom is 0.308 e. The predicted molar refractivity (Wildman–Crippen MR) is 94.2 cm³/mol. The maximum absolute atomic E-state index is 12.6. The van der Waals surface area contributed by atoms with E-state index in [2.05, 4.69) is 10.3 Å². The number of carboxylic acids is 1. The van der Waals surface area contributed by atoms with E-state index in [0.717, 1.165) is 5.69 Å². The third-order valence-electron chi connectivity index (χ3n) is 4.40. The number of anilines is 2. The van der Waals surface area contributed by atoms with Gasteiger partial charge in [0.05, 0.1) is 5.92 Å². The number of nitrogens with zero attached hydrogens (tertiary/aromatic N) is 2. The van der Waals surface area contributed by atoms with Gasteiger partial charge in [0, 0.05) is 30.2 Å². The summed E-state index contributed by atoms with van der Waals surface area (Å²) in [5.41, 5.74) is 1.11. The van der Waals surface area contributed by atoms with E-state index in [4.69, 9.17) is 14.6 Å². The summed E-state index contributed by atoms with van der Waals surface area (Å²) in [6, 6.07) is 5.47. The van der Waals surface area contributed by atoms with Crippen molar-refractivity contribution in [2.75, 3.05) is 25.2 Å². The molecular weight excluding hydrogens is 358 g/mol. The minimum Gasteiger partial charge on any atom is -0.481 e. The van der Waals surface area contributed by atoms with Crippen molar-refractivity contribution in [3.05, 3.63) is 29.3 Å². The normalized spacial score (nSPS) is 18.6. The first-order valence-corrected chi connectivity index (χ1v) is 9.12. The molecule has 4 rings (SSSR count). The highest BCUT2D eigenvalue weighted by molar-refractivity contribution is 7.14. The molecular formula is C17H17N3O5S. The summed E-state index contributed by atoms with van der Waals surface area (Å²) in [5.74, 6) is -0.228. The third kappa shape index (κ3) is 3.30. The lowest BCUT2D eigenvalue weighted by atomic mass is 9.98. The van der Waals surface area contributed by atoms with E-state index in [1.54, 1.807) is 10.3 Å². The van der Waals surface area contributed by atoms with Gasteiger partial charge in [-0.05, 0) is 25.0 Å². The van der Waals surface area contributed by atoms with Crippen molar-refractivity contribution in [1.29, 1.82) is 0 Å². The molecule has 136 valence electrons. The number of fused-ring (bicyclic) bond motifs is 1. The van der Waals surface area contributed by atoms with Crippen LogP contribution in [0.15, 0.2) is 23.6 Å². The lowest BCUT2D eigenvalue weighted by Crippen LogP contribution is -2.42. The number of aliphatic carboxylic acids is 1. The number of carbonyl (C=O) groups is 2. The number of aromatic nitrogens is 1. The molecule has 1 aromatic carbocycles. The number of benzene rings is 1. The Morgan fingerprint density at radius 3 is 3.00 bits per heavy atom. The first kappa shape index (κ1) is 16.6. The van der Waals surface area contributed by atoms with Crippen molar-refractivity contribution < 1.29 is 24.2 Å². The van der Waals surface area contributed by atoms with Crippen LogP contribution in [0.1, 0.15) is 23.3 Å². The van der Waals surface area contributed by atoms with Crippen molar-refractivity contribution in [2.45, 2.75) is 12.8 Å². The minimum absolute atomic E-state index is 0.210. The molecule has 26 heavy (non-hydrogen) atoms. The summed E-state index contributed by atoms with van der Waals surface area (Å²) in [6.45, 7) is 1.00. The number of ether oxygens (including phenoxy) is 2. The Hall–Kier alpha value is -2.81. The van der Waals surface area contributed by atoms with Crippen LogP contribution in [0.2, 0.25) is 0 Å². The van der Waals surface area contributed by atoms with Crippen molar-refractivity contribution in [2.24, 2.45) is 5.92 Å². The highest BCUT2D eigenvalue weighted by atomic mass is 32.1. The van der Waals surface area contributed by atoms with Crippen LogP contribution in [-0.4, -0.2) is 46.7 Å². The Bertz CT molecular complexity index is 853. The summed E-state index contributed by atoms with van der Waals surface area (Å²) < 4.78 is 10.6. The highest BCUT2D eigenvalue weighted by Gasteiger charge is 2.29. The molecule has 1 fully saturated rings. The second-order valence-corrected chi connectivity index (χ2v) is 7.02. The molecule has 0 saturated carbocycles. The standard InChI is InChI=1S/C17H17N3O5S/c21-15(20-5-1-2-10(7-20)16(22)23)12-8-26-17(19-12)18-11-3-4-13-14(6-11)25-9-24-13/h3-4,6,8,10H,1-2,5,7,9H2,(H,18,19)(H,22,23). The average Bonchev–Trinajstić information content (AvgIpc) is 3.30. The Labute approximate surface area is 153 Å². The molecule has 2 aromatic rings. The largest absolute Gasteiger partial charge is 0.481 e. The fourth-order valence-corrected chi connectivity index (χ4v) is 3.76. The molecule has 0 spiro atoms. The van der Waals surface area contributed by atoms with Crippen molar-refractivity contribution in [1.82, 2.24) is 9.88 Å². The number of thiazole rings is 1. The van der Waals surface area contributed by atoms with E-state index in [1.165, 1.54) is 11.3 Å². The van der Waals surface area contributed by atoms with Crippen LogP contribution in [0.5, 0.6) is 11.5 Å². The topological polar surface area (TPSA) is 101 Å². The lowest BCUT2D eigenvalue weighted by Gasteiger charge is -2.30. The van der Waals surface area contributed by atoms with E-state index in [0.29, 0.717) is 41.7 Å². The minimum atomic E-state index is -0.856. The summed E-state index contributed by atoms with van der Waals surface area (Å²) in [4.78, 5) is 29.7. The van der Waals surface area contributed by atoms with Gasteiger partial charge >= 0.3 is 5.97 Å². The van der Waals surface area contributed by atoms with Gasteiger partial charge in [0.2, 0.25) is 6.79 Å². The summed E-state index contributed by atoms with van der Waals surface area (Å²) in [7, 11) is 0. The third-order valence-corrected chi connectivity index (χ3v) is 5.16. The van der Waals surface area contributed by atoms with Gasteiger partial charge in [-0.1, -0.05) is 0 Å². The number of nitrogens with one attached hydrogen (secondary N) is 1. The number of hydrogen-bond acceptors (Lipinski definition) is 7. The monoisotopic (exact) mass is 375 g/mol. The molecule has 2 aliphatic heterocycles. The van der Waals surface area contributed by atoms with Crippen LogP contribution in [-0.2, 0) is 4.79 Å². The zero-order chi connectivity index (χ0) is 18.1. The van der Waals surface area contributed by atoms with Gasteiger partial charge in [0.15, 0.2) is 16.6 Å². The summed E-state index contributed by atoms with van der Waals surface area (Å²) >= 11 is 1.32. The molecule has 2 aliphatic rings. The van der Waals surface area contributed by atoms with E-state index < -0.39 is 11.9 Å². The number of hydrogen-bond donors (Lipinski definition) is 2. The second-order valence-electron chi connectivity index (χ2n) is 6.16. The lowest BCUT2D eigenvalue weighted by molar-refractivity contribution is -0.143. The number of likely N-dealkylation sites (tertiary alicyclic amines) is 1. The van der Waals surface area contributed by atoms with Crippen LogP contribution >= 0.6 is 11.3 Å². The number of amides is 1.